The second-order valence-corrected chi connectivity index (χ2v) is 4.99. The normalized spacial score (nSPS) is 12.3. The number of rotatable bonds is 5. The maximum absolute atomic E-state index is 12.0. The third-order valence-electron chi connectivity index (χ3n) is 3.18. The maximum Gasteiger partial charge on any atom is 0.240 e. The molecule has 0 aromatic heterocycles. The third-order valence-corrected chi connectivity index (χ3v) is 3.18. The molecule has 3 heteroatoms. The van der Waals surface area contributed by atoms with Crippen LogP contribution in [0.2, 0.25) is 0 Å². The van der Waals surface area contributed by atoms with Crippen LogP contribution in [0.15, 0.2) is 18.2 Å². The summed E-state index contributed by atoms with van der Waals surface area (Å²) in [5.41, 5.74) is 3.32. The molecule has 1 amide bonds. The Hall–Kier alpha value is -1.35. The highest BCUT2D eigenvalue weighted by atomic mass is 16.2. The number of benzene rings is 1. The molecule has 100 valence electrons. The van der Waals surface area contributed by atoms with Crippen molar-refractivity contribution in [3.63, 3.8) is 0 Å². The van der Waals surface area contributed by atoms with Crippen molar-refractivity contribution in [3.8, 4) is 0 Å². The molecule has 1 atom stereocenters. The summed E-state index contributed by atoms with van der Waals surface area (Å²) in [6.45, 7) is 8.68. The first-order chi connectivity index (χ1) is 8.43. The molecule has 0 aliphatic carbocycles. The lowest BCUT2D eigenvalue weighted by molar-refractivity contribution is -0.117. The molecule has 0 radical (unpaired) electrons. The summed E-state index contributed by atoms with van der Waals surface area (Å²) in [7, 11) is 1.83. The van der Waals surface area contributed by atoms with E-state index in [0.717, 1.165) is 12.1 Å². The highest BCUT2D eigenvalue weighted by Crippen LogP contribution is 2.17. The van der Waals surface area contributed by atoms with Crippen molar-refractivity contribution in [2.24, 2.45) is 0 Å². The number of anilines is 1. The summed E-state index contributed by atoms with van der Waals surface area (Å²) in [6, 6.07) is 6.56. The molecule has 1 rings (SSSR count). The van der Waals surface area contributed by atoms with Crippen LogP contribution < -0.4 is 10.2 Å². The monoisotopic (exact) mass is 248 g/mol. The van der Waals surface area contributed by atoms with Gasteiger partial charge in [0.25, 0.3) is 0 Å². The van der Waals surface area contributed by atoms with Crippen LogP contribution in [0.4, 0.5) is 5.69 Å². The van der Waals surface area contributed by atoms with Crippen LogP contribution in [0.1, 0.15) is 31.4 Å². The summed E-state index contributed by atoms with van der Waals surface area (Å²) in [5, 5.41) is 3.22. The SMILES string of the molecule is CCC(C)NCC(=O)N(C)c1cc(C)cc(C)c1. The summed E-state index contributed by atoms with van der Waals surface area (Å²) < 4.78 is 0. The van der Waals surface area contributed by atoms with Gasteiger partial charge in [-0.15, -0.1) is 0 Å². The first-order valence-corrected chi connectivity index (χ1v) is 6.52. The zero-order valence-corrected chi connectivity index (χ0v) is 12.1. The molecule has 1 N–H and O–H groups in total. The molecule has 0 spiro atoms. The Morgan fingerprint density at radius 1 is 1.28 bits per heavy atom. The molecular formula is C15H24N2O. The number of nitrogens with zero attached hydrogens (tertiary/aromatic N) is 1. The zero-order chi connectivity index (χ0) is 13.7. The second-order valence-electron chi connectivity index (χ2n) is 4.99. The van der Waals surface area contributed by atoms with Crippen molar-refractivity contribution in [3.05, 3.63) is 29.3 Å². The third kappa shape index (κ3) is 4.15. The Morgan fingerprint density at radius 2 is 1.83 bits per heavy atom. The molecule has 18 heavy (non-hydrogen) atoms. The molecule has 1 aromatic carbocycles. The quantitative estimate of drug-likeness (QED) is 0.869. The number of amides is 1. The lowest BCUT2D eigenvalue weighted by Gasteiger charge is -2.20. The molecule has 1 unspecified atom stereocenters. The van der Waals surface area contributed by atoms with Gasteiger partial charge in [0.05, 0.1) is 6.54 Å². The van der Waals surface area contributed by atoms with Crippen molar-refractivity contribution in [2.75, 3.05) is 18.5 Å². The van der Waals surface area contributed by atoms with E-state index in [4.69, 9.17) is 0 Å². The van der Waals surface area contributed by atoms with E-state index in [2.05, 4.69) is 25.2 Å². The number of likely N-dealkylation sites (N-methyl/N-ethyl adjacent to an activating group) is 1. The van der Waals surface area contributed by atoms with Gasteiger partial charge < -0.3 is 10.2 Å². The minimum atomic E-state index is 0.0975. The average Bonchev–Trinajstić information content (AvgIpc) is 2.33. The summed E-state index contributed by atoms with van der Waals surface area (Å²) >= 11 is 0. The van der Waals surface area contributed by atoms with E-state index in [1.54, 1.807) is 4.90 Å². The van der Waals surface area contributed by atoms with Crippen molar-refractivity contribution in [2.45, 2.75) is 40.2 Å². The van der Waals surface area contributed by atoms with Crippen molar-refractivity contribution < 1.29 is 4.79 Å². The van der Waals surface area contributed by atoms with Gasteiger partial charge in [0.1, 0.15) is 0 Å². The Balaban J connectivity index is 2.68. The molecule has 3 nitrogen and oxygen atoms in total. The van der Waals surface area contributed by atoms with Gasteiger partial charge in [0.15, 0.2) is 0 Å². The van der Waals surface area contributed by atoms with Gasteiger partial charge in [-0.1, -0.05) is 13.0 Å². The molecule has 0 heterocycles. The van der Waals surface area contributed by atoms with Gasteiger partial charge in [-0.2, -0.15) is 0 Å². The van der Waals surface area contributed by atoms with E-state index in [0.29, 0.717) is 12.6 Å². The number of hydrogen-bond acceptors (Lipinski definition) is 2. The lowest BCUT2D eigenvalue weighted by Crippen LogP contribution is -2.39. The standard InChI is InChI=1S/C15H24N2O/c1-6-13(4)16-10-15(18)17(5)14-8-11(2)7-12(3)9-14/h7-9,13,16H,6,10H2,1-5H3. The number of aryl methyl sites for hydroxylation is 2. The molecule has 0 bridgehead atoms. The highest BCUT2D eigenvalue weighted by molar-refractivity contribution is 5.94. The number of carbonyl (C=O) groups is 1. The topological polar surface area (TPSA) is 32.3 Å². The van der Waals surface area contributed by atoms with E-state index >= 15 is 0 Å². The van der Waals surface area contributed by atoms with Crippen molar-refractivity contribution >= 4 is 11.6 Å². The minimum Gasteiger partial charge on any atom is -0.314 e. The fraction of sp³-hybridized carbons (Fsp3) is 0.533. The minimum absolute atomic E-state index is 0.0975. The van der Waals surface area contributed by atoms with E-state index in [1.165, 1.54) is 11.1 Å². The van der Waals surface area contributed by atoms with Crippen LogP contribution in [0.3, 0.4) is 0 Å². The van der Waals surface area contributed by atoms with Crippen LogP contribution in [-0.4, -0.2) is 25.5 Å². The number of hydrogen-bond donors (Lipinski definition) is 1. The van der Waals surface area contributed by atoms with E-state index in [9.17, 15) is 4.79 Å². The molecule has 1 aromatic rings. The van der Waals surface area contributed by atoms with Gasteiger partial charge in [0.2, 0.25) is 5.91 Å². The number of nitrogens with one attached hydrogen (secondary N) is 1. The van der Waals surface area contributed by atoms with Gasteiger partial charge in [-0.3, -0.25) is 4.79 Å². The number of carbonyl (C=O) groups excluding carboxylic acids is 1. The molecule has 0 aliphatic rings. The summed E-state index contributed by atoms with van der Waals surface area (Å²) in [6.07, 6.45) is 1.03. The first-order valence-electron chi connectivity index (χ1n) is 6.52. The lowest BCUT2D eigenvalue weighted by atomic mass is 10.1. The Bertz CT molecular complexity index is 395. The molecule has 0 saturated heterocycles. The molecule has 0 fully saturated rings. The van der Waals surface area contributed by atoms with E-state index < -0.39 is 0 Å². The summed E-state index contributed by atoms with van der Waals surface area (Å²) in [4.78, 5) is 13.8. The van der Waals surface area contributed by atoms with Gasteiger partial charge >= 0.3 is 0 Å². The van der Waals surface area contributed by atoms with Crippen LogP contribution >= 0.6 is 0 Å². The van der Waals surface area contributed by atoms with Crippen LogP contribution in [0, 0.1) is 13.8 Å². The first kappa shape index (κ1) is 14.7. The van der Waals surface area contributed by atoms with E-state index in [1.807, 2.05) is 33.0 Å². The highest BCUT2D eigenvalue weighted by Gasteiger charge is 2.12. The average molecular weight is 248 g/mol. The Labute approximate surface area is 110 Å². The Kier molecular flexibility index (Phi) is 5.35. The predicted octanol–water partition coefficient (Wildman–Crippen LogP) is 2.65. The fourth-order valence-electron chi connectivity index (χ4n) is 1.81. The van der Waals surface area contributed by atoms with Gasteiger partial charge in [0, 0.05) is 18.8 Å². The van der Waals surface area contributed by atoms with Crippen molar-refractivity contribution in [1.82, 2.24) is 5.32 Å². The second kappa shape index (κ2) is 6.55. The van der Waals surface area contributed by atoms with E-state index in [-0.39, 0.29) is 5.91 Å². The maximum atomic E-state index is 12.0. The van der Waals surface area contributed by atoms with Gasteiger partial charge in [-0.25, -0.2) is 0 Å². The van der Waals surface area contributed by atoms with Gasteiger partial charge in [-0.05, 0) is 50.5 Å². The molecule has 0 aliphatic heterocycles. The fourth-order valence-corrected chi connectivity index (χ4v) is 1.81. The summed E-state index contributed by atoms with van der Waals surface area (Å²) in [5.74, 6) is 0.0975. The Morgan fingerprint density at radius 3 is 2.33 bits per heavy atom. The van der Waals surface area contributed by atoms with Crippen LogP contribution in [-0.2, 0) is 4.79 Å². The van der Waals surface area contributed by atoms with Crippen LogP contribution in [0.5, 0.6) is 0 Å². The molecule has 0 saturated carbocycles. The smallest absolute Gasteiger partial charge is 0.240 e. The zero-order valence-electron chi connectivity index (χ0n) is 12.1. The van der Waals surface area contributed by atoms with Crippen LogP contribution in [0.25, 0.3) is 0 Å². The molecular weight excluding hydrogens is 224 g/mol. The van der Waals surface area contributed by atoms with Crippen molar-refractivity contribution in [1.29, 1.82) is 0 Å². The largest absolute Gasteiger partial charge is 0.314 e. The predicted molar refractivity (Wildman–Crippen MR) is 77.1 cm³/mol.